The Morgan fingerprint density at radius 1 is 1.29 bits per heavy atom. The summed E-state index contributed by atoms with van der Waals surface area (Å²) in [5.74, 6) is -0.752. The topological polar surface area (TPSA) is 72.2 Å². The fourth-order valence-electron chi connectivity index (χ4n) is 2.60. The second-order valence-electron chi connectivity index (χ2n) is 6.15. The van der Waals surface area contributed by atoms with Crippen molar-refractivity contribution in [3.05, 3.63) is 22.8 Å². The molecular formula is C15H18F3N5O. The number of halogens is 3. The minimum atomic E-state index is -4.61. The van der Waals surface area contributed by atoms with Crippen LogP contribution in [0.1, 0.15) is 42.0 Å². The van der Waals surface area contributed by atoms with Crippen molar-refractivity contribution in [2.45, 2.75) is 45.7 Å². The predicted octanol–water partition coefficient (Wildman–Crippen LogP) is 2.22. The van der Waals surface area contributed by atoms with E-state index in [2.05, 4.69) is 20.4 Å². The Hall–Kier alpha value is -2.19. The van der Waals surface area contributed by atoms with Crippen LogP contribution >= 0.6 is 0 Å². The molecule has 24 heavy (non-hydrogen) atoms. The highest BCUT2D eigenvalue weighted by atomic mass is 19.4. The number of nitrogens with zero attached hydrogens (tertiary/aromatic N) is 4. The molecule has 6 nitrogen and oxygen atoms in total. The summed E-state index contributed by atoms with van der Waals surface area (Å²) >= 11 is 0. The minimum absolute atomic E-state index is 0.0598. The Kier molecular flexibility index (Phi) is 4.18. The molecule has 1 aliphatic carbocycles. The van der Waals surface area contributed by atoms with Crippen molar-refractivity contribution in [3.8, 4) is 0 Å². The van der Waals surface area contributed by atoms with Crippen molar-refractivity contribution in [1.29, 1.82) is 0 Å². The van der Waals surface area contributed by atoms with Crippen LogP contribution < -0.4 is 5.32 Å². The van der Waals surface area contributed by atoms with Gasteiger partial charge in [-0.25, -0.2) is 9.50 Å². The van der Waals surface area contributed by atoms with Crippen LogP contribution in [0.2, 0.25) is 0 Å². The number of amides is 1. The lowest BCUT2D eigenvalue weighted by Crippen LogP contribution is -2.26. The third-order valence-corrected chi connectivity index (χ3v) is 4.19. The summed E-state index contributed by atoms with van der Waals surface area (Å²) in [6, 6.07) is 0. The summed E-state index contributed by atoms with van der Waals surface area (Å²) in [6.07, 6.45) is -1.63. The van der Waals surface area contributed by atoms with Crippen LogP contribution in [0, 0.1) is 19.8 Å². The van der Waals surface area contributed by atoms with E-state index in [0.29, 0.717) is 30.3 Å². The van der Waals surface area contributed by atoms with E-state index in [1.807, 2.05) is 0 Å². The smallest absolute Gasteiger partial charge is 0.356 e. The number of hydrogen-bond acceptors (Lipinski definition) is 4. The predicted molar refractivity (Wildman–Crippen MR) is 79.3 cm³/mol. The molecule has 2 aromatic heterocycles. The largest absolute Gasteiger partial charge is 0.453 e. The van der Waals surface area contributed by atoms with Crippen LogP contribution in [0.25, 0.3) is 5.78 Å². The molecule has 9 heteroatoms. The lowest BCUT2D eigenvalue weighted by Gasteiger charge is -2.10. The lowest BCUT2D eigenvalue weighted by molar-refractivity contribution is -0.144. The molecule has 1 fully saturated rings. The van der Waals surface area contributed by atoms with Gasteiger partial charge in [0, 0.05) is 24.4 Å². The van der Waals surface area contributed by atoms with Gasteiger partial charge in [-0.3, -0.25) is 4.79 Å². The first kappa shape index (κ1) is 16.7. The lowest BCUT2D eigenvalue weighted by atomic mass is 10.1. The van der Waals surface area contributed by atoms with Crippen LogP contribution in [0.4, 0.5) is 13.2 Å². The first-order valence-electron chi connectivity index (χ1n) is 7.82. The Labute approximate surface area is 136 Å². The van der Waals surface area contributed by atoms with Gasteiger partial charge in [-0.15, -0.1) is 5.10 Å². The number of nitrogens with one attached hydrogen (secondary N) is 1. The summed E-state index contributed by atoms with van der Waals surface area (Å²) in [5.41, 5.74) is 1.81. The first-order chi connectivity index (χ1) is 11.3. The fraction of sp³-hybridized carbons (Fsp3) is 0.600. The normalized spacial score (nSPS) is 15.0. The van der Waals surface area contributed by atoms with Gasteiger partial charge in [0.15, 0.2) is 0 Å². The average molecular weight is 341 g/mol. The van der Waals surface area contributed by atoms with E-state index in [1.54, 1.807) is 13.8 Å². The minimum Gasteiger partial charge on any atom is -0.356 e. The number of hydrogen-bond donors (Lipinski definition) is 1. The number of alkyl halides is 3. The van der Waals surface area contributed by atoms with Crippen LogP contribution in [0.3, 0.4) is 0 Å². The van der Waals surface area contributed by atoms with E-state index in [0.717, 1.165) is 22.9 Å². The Balaban J connectivity index is 1.78. The number of rotatable bonds is 5. The van der Waals surface area contributed by atoms with Crippen molar-refractivity contribution >= 4 is 11.7 Å². The van der Waals surface area contributed by atoms with Gasteiger partial charge in [0.25, 0.3) is 11.6 Å². The van der Waals surface area contributed by atoms with Crippen LogP contribution in [-0.4, -0.2) is 32.0 Å². The molecule has 0 radical (unpaired) electrons. The summed E-state index contributed by atoms with van der Waals surface area (Å²) in [7, 11) is 0. The summed E-state index contributed by atoms with van der Waals surface area (Å²) in [5, 5.41) is 6.37. The molecule has 2 aromatic rings. The second kappa shape index (κ2) is 6.03. The zero-order chi connectivity index (χ0) is 17.5. The van der Waals surface area contributed by atoms with E-state index in [-0.39, 0.29) is 18.1 Å². The molecule has 0 spiro atoms. The van der Waals surface area contributed by atoms with E-state index < -0.39 is 12.0 Å². The van der Waals surface area contributed by atoms with Gasteiger partial charge in [0.1, 0.15) is 0 Å². The maximum Gasteiger partial charge on any atom is 0.453 e. The third-order valence-electron chi connectivity index (χ3n) is 4.19. The quantitative estimate of drug-likeness (QED) is 0.905. The van der Waals surface area contributed by atoms with E-state index in [4.69, 9.17) is 0 Å². The second-order valence-corrected chi connectivity index (χ2v) is 6.15. The van der Waals surface area contributed by atoms with Crippen LogP contribution in [0.5, 0.6) is 0 Å². The van der Waals surface area contributed by atoms with E-state index in [9.17, 15) is 18.0 Å². The number of aryl methyl sites for hydroxylation is 2. The van der Waals surface area contributed by atoms with Gasteiger partial charge in [-0.2, -0.15) is 18.2 Å². The molecular weight excluding hydrogens is 323 g/mol. The number of carbonyl (C=O) groups is 1. The molecule has 3 rings (SSSR count). The van der Waals surface area contributed by atoms with Crippen molar-refractivity contribution in [2.24, 2.45) is 5.92 Å². The van der Waals surface area contributed by atoms with Gasteiger partial charge in [-0.1, -0.05) is 0 Å². The monoisotopic (exact) mass is 341 g/mol. The molecule has 0 saturated heterocycles. The fourth-order valence-corrected chi connectivity index (χ4v) is 2.60. The summed E-state index contributed by atoms with van der Waals surface area (Å²) < 4.78 is 39.3. The molecule has 130 valence electrons. The molecule has 1 N–H and O–H groups in total. The van der Waals surface area contributed by atoms with Gasteiger partial charge < -0.3 is 5.32 Å². The zero-order valence-corrected chi connectivity index (χ0v) is 13.4. The van der Waals surface area contributed by atoms with Gasteiger partial charge in [0.2, 0.25) is 5.91 Å². The van der Waals surface area contributed by atoms with Crippen molar-refractivity contribution in [1.82, 2.24) is 24.9 Å². The summed E-state index contributed by atoms with van der Waals surface area (Å²) in [4.78, 5) is 19.4. The number of fused-ring (bicyclic) bond motifs is 1. The van der Waals surface area contributed by atoms with Gasteiger partial charge in [-0.05, 0) is 44.6 Å². The Morgan fingerprint density at radius 2 is 2.00 bits per heavy atom. The highest BCUT2D eigenvalue weighted by molar-refractivity contribution is 5.76. The maximum atomic E-state index is 12.7. The zero-order valence-electron chi connectivity index (χ0n) is 13.4. The van der Waals surface area contributed by atoms with E-state index >= 15 is 0 Å². The van der Waals surface area contributed by atoms with Gasteiger partial charge >= 0.3 is 6.18 Å². The Morgan fingerprint density at radius 3 is 2.62 bits per heavy atom. The van der Waals surface area contributed by atoms with Crippen molar-refractivity contribution < 1.29 is 18.0 Å². The van der Waals surface area contributed by atoms with Gasteiger partial charge in [0.05, 0.1) is 0 Å². The highest BCUT2D eigenvalue weighted by Crippen LogP contribution is 2.28. The molecule has 2 heterocycles. The van der Waals surface area contributed by atoms with Crippen molar-refractivity contribution in [3.63, 3.8) is 0 Å². The highest BCUT2D eigenvalue weighted by Gasteiger charge is 2.37. The molecule has 0 unspecified atom stereocenters. The van der Waals surface area contributed by atoms with Crippen LogP contribution in [-0.2, 0) is 17.4 Å². The first-order valence-corrected chi connectivity index (χ1v) is 7.82. The van der Waals surface area contributed by atoms with E-state index in [1.165, 1.54) is 0 Å². The molecule has 0 aliphatic heterocycles. The summed E-state index contributed by atoms with van der Waals surface area (Å²) in [6.45, 7) is 4.06. The van der Waals surface area contributed by atoms with Crippen LogP contribution in [0.15, 0.2) is 0 Å². The number of carbonyl (C=O) groups excluding carboxylic acids is 1. The SMILES string of the molecule is Cc1nc2nc(C(F)(F)F)nn2c(C)c1CCC(=O)NCC1CC1. The molecule has 1 saturated carbocycles. The molecule has 0 atom stereocenters. The number of aromatic nitrogens is 4. The standard InChI is InChI=1S/C15H18F3N5O/c1-8-11(5-6-12(24)19-7-10-3-4-10)9(2)23-14(20-8)21-13(22-23)15(16,17)18/h10H,3-7H2,1-2H3,(H,19,24). The molecule has 0 aromatic carbocycles. The third kappa shape index (κ3) is 3.49. The molecule has 1 aliphatic rings. The van der Waals surface area contributed by atoms with Crippen molar-refractivity contribution in [2.75, 3.05) is 6.54 Å². The molecule has 1 amide bonds. The maximum absolute atomic E-state index is 12.7. The molecule has 0 bridgehead atoms. The average Bonchev–Trinajstić information content (AvgIpc) is 3.21. The Bertz CT molecular complexity index is 779.